The van der Waals surface area contributed by atoms with Crippen LogP contribution in [-0.4, -0.2) is 39.0 Å². The highest BCUT2D eigenvalue weighted by molar-refractivity contribution is 5.80. The fourth-order valence-corrected chi connectivity index (χ4v) is 2.90. The number of amides is 1. The molecule has 1 atom stereocenters. The fraction of sp³-hybridized carbons (Fsp3) is 0.533. The van der Waals surface area contributed by atoms with Gasteiger partial charge in [-0.2, -0.15) is 0 Å². The van der Waals surface area contributed by atoms with E-state index in [4.69, 9.17) is 0 Å². The summed E-state index contributed by atoms with van der Waals surface area (Å²) in [5.41, 5.74) is -0.590. The minimum absolute atomic E-state index is 0.0102. The molecule has 1 aromatic carbocycles. The maximum absolute atomic E-state index is 12.4. The van der Waals surface area contributed by atoms with Gasteiger partial charge in [-0.15, -0.1) is 0 Å². The third-order valence-electron chi connectivity index (χ3n) is 3.92. The number of nitrogens with zero attached hydrogens (tertiary/aromatic N) is 2. The zero-order valence-electron chi connectivity index (χ0n) is 12.3. The van der Waals surface area contributed by atoms with Gasteiger partial charge in [-0.25, -0.2) is 0 Å². The van der Waals surface area contributed by atoms with Crippen LogP contribution in [0.15, 0.2) is 24.3 Å². The Labute approximate surface area is 123 Å². The smallest absolute Gasteiger partial charge is 0.273 e. The molecule has 6 heteroatoms. The molecule has 0 aliphatic carbocycles. The lowest BCUT2D eigenvalue weighted by Crippen LogP contribution is -2.48. The molecule has 1 amide bonds. The van der Waals surface area contributed by atoms with Crippen LogP contribution in [0, 0.1) is 10.1 Å². The second-order valence-electron chi connectivity index (χ2n) is 5.96. The van der Waals surface area contributed by atoms with Crippen molar-refractivity contribution < 1.29 is 14.8 Å². The molecule has 1 aliphatic heterocycles. The van der Waals surface area contributed by atoms with Gasteiger partial charge in [0.2, 0.25) is 5.91 Å². The van der Waals surface area contributed by atoms with E-state index in [1.807, 2.05) is 0 Å². The third-order valence-corrected chi connectivity index (χ3v) is 3.92. The Bertz CT molecular complexity index is 551. The van der Waals surface area contributed by atoms with Crippen LogP contribution in [0.5, 0.6) is 0 Å². The van der Waals surface area contributed by atoms with Gasteiger partial charge in [0.05, 0.1) is 23.0 Å². The van der Waals surface area contributed by atoms with Gasteiger partial charge in [0.25, 0.3) is 5.69 Å². The lowest BCUT2D eigenvalue weighted by molar-refractivity contribution is -0.385. The van der Waals surface area contributed by atoms with E-state index in [0.717, 1.165) is 12.8 Å². The standard InChI is InChI=1S/C15H20N2O4/c1-15(2,19)13-8-5-9-16(13)14(18)10-11-6-3-4-7-12(11)17(20)21/h3-4,6-7,13,19H,5,8-10H2,1-2H3. The molecule has 0 aromatic heterocycles. The van der Waals surface area contributed by atoms with E-state index in [2.05, 4.69) is 0 Å². The van der Waals surface area contributed by atoms with E-state index in [1.54, 1.807) is 36.9 Å². The van der Waals surface area contributed by atoms with Crippen molar-refractivity contribution in [3.63, 3.8) is 0 Å². The third kappa shape index (κ3) is 3.39. The van der Waals surface area contributed by atoms with Gasteiger partial charge in [-0.1, -0.05) is 18.2 Å². The zero-order chi connectivity index (χ0) is 15.6. The van der Waals surface area contributed by atoms with Crippen molar-refractivity contribution in [3.8, 4) is 0 Å². The SMILES string of the molecule is CC(C)(O)C1CCCN1C(=O)Cc1ccccc1[N+](=O)[O-]. The molecule has 1 unspecified atom stereocenters. The number of carbonyl (C=O) groups is 1. The second-order valence-corrected chi connectivity index (χ2v) is 5.96. The van der Waals surface area contributed by atoms with Crippen LogP contribution in [0.1, 0.15) is 32.3 Å². The molecule has 1 heterocycles. The number of likely N-dealkylation sites (tertiary alicyclic amines) is 1. The monoisotopic (exact) mass is 292 g/mol. The van der Waals surface area contributed by atoms with Gasteiger partial charge in [-0.05, 0) is 26.7 Å². The van der Waals surface area contributed by atoms with Crippen molar-refractivity contribution in [2.75, 3.05) is 6.54 Å². The van der Waals surface area contributed by atoms with Crippen LogP contribution >= 0.6 is 0 Å². The lowest BCUT2D eigenvalue weighted by atomic mass is 9.96. The van der Waals surface area contributed by atoms with Crippen molar-refractivity contribution in [1.29, 1.82) is 0 Å². The molecule has 1 N–H and O–H groups in total. The van der Waals surface area contributed by atoms with E-state index in [1.165, 1.54) is 6.07 Å². The van der Waals surface area contributed by atoms with E-state index < -0.39 is 10.5 Å². The van der Waals surface area contributed by atoms with Crippen molar-refractivity contribution >= 4 is 11.6 Å². The molecule has 6 nitrogen and oxygen atoms in total. The topological polar surface area (TPSA) is 83.7 Å². The number of hydrogen-bond donors (Lipinski definition) is 1. The summed E-state index contributed by atoms with van der Waals surface area (Å²) >= 11 is 0. The maximum atomic E-state index is 12.4. The first-order chi connectivity index (χ1) is 9.80. The predicted octanol–water partition coefficient (Wildman–Crippen LogP) is 1.90. The first-order valence-corrected chi connectivity index (χ1v) is 7.05. The molecule has 1 saturated heterocycles. The van der Waals surface area contributed by atoms with Gasteiger partial charge in [0.15, 0.2) is 0 Å². The summed E-state index contributed by atoms with van der Waals surface area (Å²) in [5.74, 6) is -0.172. The van der Waals surface area contributed by atoms with Crippen molar-refractivity contribution in [3.05, 3.63) is 39.9 Å². The number of rotatable bonds is 4. The van der Waals surface area contributed by atoms with Gasteiger partial charge in [0, 0.05) is 18.2 Å². The molecule has 0 spiro atoms. The number of para-hydroxylation sites is 1. The maximum Gasteiger partial charge on any atom is 0.273 e. The fourth-order valence-electron chi connectivity index (χ4n) is 2.90. The zero-order valence-corrected chi connectivity index (χ0v) is 12.3. The summed E-state index contributed by atoms with van der Waals surface area (Å²) in [6.07, 6.45) is 1.59. The number of aliphatic hydroxyl groups is 1. The molecule has 1 fully saturated rings. The number of carbonyl (C=O) groups excluding carboxylic acids is 1. The first-order valence-electron chi connectivity index (χ1n) is 7.05. The van der Waals surface area contributed by atoms with E-state index in [0.29, 0.717) is 12.1 Å². The van der Waals surface area contributed by atoms with Gasteiger partial charge >= 0.3 is 0 Å². The molecule has 1 aromatic rings. The summed E-state index contributed by atoms with van der Waals surface area (Å²) in [5, 5.41) is 21.1. The van der Waals surface area contributed by atoms with E-state index in [-0.39, 0.29) is 24.1 Å². The molecule has 0 radical (unpaired) electrons. The first kappa shape index (κ1) is 15.4. The molecule has 21 heavy (non-hydrogen) atoms. The van der Waals surface area contributed by atoms with Crippen LogP contribution in [0.4, 0.5) is 5.69 Å². The number of nitro groups is 1. The van der Waals surface area contributed by atoms with Crippen LogP contribution in [0.2, 0.25) is 0 Å². The minimum Gasteiger partial charge on any atom is -0.388 e. The second kappa shape index (κ2) is 5.81. The highest BCUT2D eigenvalue weighted by Crippen LogP contribution is 2.28. The Kier molecular flexibility index (Phi) is 4.27. The van der Waals surface area contributed by atoms with Crippen LogP contribution in [-0.2, 0) is 11.2 Å². The predicted molar refractivity (Wildman–Crippen MR) is 77.8 cm³/mol. The van der Waals surface area contributed by atoms with Crippen LogP contribution in [0.3, 0.4) is 0 Å². The average Bonchev–Trinajstić information content (AvgIpc) is 2.88. The molecule has 1 aliphatic rings. The van der Waals surface area contributed by atoms with E-state index >= 15 is 0 Å². The van der Waals surface area contributed by atoms with Crippen molar-refractivity contribution in [2.24, 2.45) is 0 Å². The lowest BCUT2D eigenvalue weighted by Gasteiger charge is -2.33. The number of benzene rings is 1. The summed E-state index contributed by atoms with van der Waals surface area (Å²) in [6.45, 7) is 3.97. The molecular formula is C15H20N2O4. The Morgan fingerprint density at radius 1 is 1.48 bits per heavy atom. The van der Waals surface area contributed by atoms with Crippen molar-refractivity contribution in [2.45, 2.75) is 44.8 Å². The normalized spacial score (nSPS) is 18.8. The Morgan fingerprint density at radius 3 is 2.76 bits per heavy atom. The van der Waals surface area contributed by atoms with Gasteiger partial charge < -0.3 is 10.0 Å². The van der Waals surface area contributed by atoms with Gasteiger partial charge in [-0.3, -0.25) is 14.9 Å². The van der Waals surface area contributed by atoms with Crippen molar-refractivity contribution in [1.82, 2.24) is 4.90 Å². The summed E-state index contributed by atoms with van der Waals surface area (Å²) < 4.78 is 0. The average molecular weight is 292 g/mol. The molecule has 0 bridgehead atoms. The highest BCUT2D eigenvalue weighted by atomic mass is 16.6. The van der Waals surface area contributed by atoms with Crippen LogP contribution in [0.25, 0.3) is 0 Å². The molecule has 0 saturated carbocycles. The minimum atomic E-state index is -0.964. The Hall–Kier alpha value is -1.95. The number of hydrogen-bond acceptors (Lipinski definition) is 4. The molecular weight excluding hydrogens is 272 g/mol. The van der Waals surface area contributed by atoms with E-state index in [9.17, 15) is 20.0 Å². The number of nitro benzene ring substituents is 1. The summed E-state index contributed by atoms with van der Waals surface area (Å²) in [4.78, 5) is 24.6. The Morgan fingerprint density at radius 2 is 2.14 bits per heavy atom. The largest absolute Gasteiger partial charge is 0.388 e. The van der Waals surface area contributed by atoms with Gasteiger partial charge in [0.1, 0.15) is 0 Å². The molecule has 114 valence electrons. The van der Waals surface area contributed by atoms with Crippen LogP contribution < -0.4 is 0 Å². The summed E-state index contributed by atoms with van der Waals surface area (Å²) in [7, 11) is 0. The molecule has 2 rings (SSSR count). The summed E-state index contributed by atoms with van der Waals surface area (Å²) in [6, 6.07) is 6.05. The highest BCUT2D eigenvalue weighted by Gasteiger charge is 2.38. The quantitative estimate of drug-likeness (QED) is 0.678. The Balaban J connectivity index is 2.17.